The molecule has 0 aliphatic carbocycles. The second-order valence-electron chi connectivity index (χ2n) is 6.30. The highest BCUT2D eigenvalue weighted by atomic mass is 16.2. The molecule has 7 nitrogen and oxygen atoms in total. The molecule has 0 saturated heterocycles. The first-order chi connectivity index (χ1) is 12.7. The summed E-state index contributed by atoms with van der Waals surface area (Å²) in [6, 6.07) is 12.8. The van der Waals surface area contributed by atoms with Gasteiger partial charge in [-0.15, -0.1) is 10.2 Å². The van der Waals surface area contributed by atoms with Crippen LogP contribution < -0.4 is 10.9 Å². The molecule has 3 aromatic rings. The Balaban J connectivity index is 1.48. The average Bonchev–Trinajstić information content (AvgIpc) is 3.10. The molecule has 0 spiro atoms. The Kier molecular flexibility index (Phi) is 4.35. The number of H-pyrrole nitrogens is 1. The summed E-state index contributed by atoms with van der Waals surface area (Å²) in [7, 11) is 0. The van der Waals surface area contributed by atoms with Gasteiger partial charge < -0.3 is 14.9 Å². The summed E-state index contributed by atoms with van der Waals surface area (Å²) >= 11 is 0. The Hall–Kier alpha value is -3.22. The number of pyridine rings is 1. The van der Waals surface area contributed by atoms with Crippen molar-refractivity contribution in [2.24, 2.45) is 0 Å². The monoisotopic (exact) mass is 349 g/mol. The zero-order valence-electron chi connectivity index (χ0n) is 14.2. The summed E-state index contributed by atoms with van der Waals surface area (Å²) in [5.41, 5.74) is 1.25. The van der Waals surface area contributed by atoms with Crippen molar-refractivity contribution in [2.75, 3.05) is 0 Å². The first-order valence-corrected chi connectivity index (χ1v) is 8.70. The standard InChI is InChI=1S/C19H19N5O2/c25-18(20-12-17-23-22-16-8-4-5-11-24(16)17)14-9-10-15(21-19(14)26)13-6-2-1-3-7-13/h1-3,6-7,9-10H,4-5,8,11-12H2,(H,20,25)(H,21,26). The van der Waals surface area contributed by atoms with E-state index in [-0.39, 0.29) is 12.1 Å². The summed E-state index contributed by atoms with van der Waals surface area (Å²) in [5.74, 6) is 1.27. The molecule has 2 aromatic heterocycles. The third kappa shape index (κ3) is 3.15. The van der Waals surface area contributed by atoms with Crippen molar-refractivity contribution in [1.82, 2.24) is 25.1 Å². The molecule has 0 unspecified atom stereocenters. The molecule has 7 heteroatoms. The third-order valence-electron chi connectivity index (χ3n) is 4.58. The zero-order chi connectivity index (χ0) is 17.9. The van der Waals surface area contributed by atoms with Crippen LogP contribution in [0.1, 0.15) is 34.8 Å². The predicted octanol–water partition coefficient (Wildman–Crippen LogP) is 1.90. The van der Waals surface area contributed by atoms with Gasteiger partial charge in [0.05, 0.1) is 6.54 Å². The van der Waals surface area contributed by atoms with Crippen molar-refractivity contribution in [2.45, 2.75) is 32.4 Å². The number of fused-ring (bicyclic) bond motifs is 1. The minimum atomic E-state index is -0.418. The van der Waals surface area contributed by atoms with Gasteiger partial charge in [0, 0.05) is 18.7 Å². The fourth-order valence-electron chi connectivity index (χ4n) is 3.19. The van der Waals surface area contributed by atoms with E-state index in [0.29, 0.717) is 5.69 Å². The Bertz CT molecular complexity index is 991. The molecule has 1 amide bonds. The molecule has 1 aliphatic rings. The number of benzene rings is 1. The van der Waals surface area contributed by atoms with Crippen molar-refractivity contribution < 1.29 is 4.79 Å². The largest absolute Gasteiger partial charge is 0.345 e. The number of aromatic nitrogens is 4. The van der Waals surface area contributed by atoms with Crippen LogP contribution in [0, 0.1) is 0 Å². The number of carbonyl (C=O) groups is 1. The Labute approximate surface area is 150 Å². The van der Waals surface area contributed by atoms with E-state index in [4.69, 9.17) is 0 Å². The van der Waals surface area contributed by atoms with Gasteiger partial charge >= 0.3 is 0 Å². The highest BCUT2D eigenvalue weighted by Crippen LogP contribution is 2.15. The molecule has 0 atom stereocenters. The van der Waals surface area contributed by atoms with E-state index in [9.17, 15) is 9.59 Å². The van der Waals surface area contributed by atoms with E-state index < -0.39 is 11.5 Å². The summed E-state index contributed by atoms with van der Waals surface area (Å²) in [4.78, 5) is 27.5. The van der Waals surface area contributed by atoms with Crippen LogP contribution in [0.5, 0.6) is 0 Å². The van der Waals surface area contributed by atoms with E-state index >= 15 is 0 Å². The Morgan fingerprint density at radius 3 is 2.77 bits per heavy atom. The Morgan fingerprint density at radius 2 is 1.96 bits per heavy atom. The first-order valence-electron chi connectivity index (χ1n) is 8.70. The maximum atomic E-state index is 12.4. The second-order valence-corrected chi connectivity index (χ2v) is 6.30. The number of aryl methyl sites for hydroxylation is 1. The molecule has 0 saturated carbocycles. The first kappa shape index (κ1) is 16.3. The number of hydrogen-bond donors (Lipinski definition) is 2. The smallest absolute Gasteiger partial charge is 0.261 e. The van der Waals surface area contributed by atoms with Crippen LogP contribution in [0.25, 0.3) is 11.3 Å². The van der Waals surface area contributed by atoms with Gasteiger partial charge in [-0.25, -0.2) is 0 Å². The molecule has 1 aliphatic heterocycles. The summed E-state index contributed by atoms with van der Waals surface area (Å²) in [6.45, 7) is 1.13. The van der Waals surface area contributed by atoms with Crippen LogP contribution in [0.2, 0.25) is 0 Å². The zero-order valence-corrected chi connectivity index (χ0v) is 14.2. The number of carbonyl (C=O) groups excluding carboxylic acids is 1. The number of aromatic amines is 1. The van der Waals surface area contributed by atoms with E-state index in [1.807, 2.05) is 34.9 Å². The quantitative estimate of drug-likeness (QED) is 0.752. The fourth-order valence-corrected chi connectivity index (χ4v) is 3.19. The lowest BCUT2D eigenvalue weighted by molar-refractivity contribution is 0.0948. The molecule has 3 heterocycles. The van der Waals surface area contributed by atoms with Crippen LogP contribution in [-0.2, 0) is 19.5 Å². The van der Waals surface area contributed by atoms with Crippen LogP contribution >= 0.6 is 0 Å². The SMILES string of the molecule is O=C(NCc1nnc2n1CCCC2)c1ccc(-c2ccccc2)[nH]c1=O. The minimum Gasteiger partial charge on any atom is -0.345 e. The van der Waals surface area contributed by atoms with E-state index in [0.717, 1.165) is 43.0 Å². The van der Waals surface area contributed by atoms with Gasteiger partial charge in [0.1, 0.15) is 11.4 Å². The highest BCUT2D eigenvalue weighted by molar-refractivity contribution is 5.94. The summed E-state index contributed by atoms with van der Waals surface area (Å²) in [6.07, 6.45) is 3.13. The molecule has 0 bridgehead atoms. The number of nitrogens with zero attached hydrogens (tertiary/aromatic N) is 3. The van der Waals surface area contributed by atoms with Gasteiger partial charge in [0.15, 0.2) is 5.82 Å². The van der Waals surface area contributed by atoms with Crippen LogP contribution in [0.3, 0.4) is 0 Å². The van der Waals surface area contributed by atoms with Crippen molar-refractivity contribution >= 4 is 5.91 Å². The molecular weight excluding hydrogens is 330 g/mol. The lowest BCUT2D eigenvalue weighted by Gasteiger charge is -2.14. The molecule has 4 rings (SSSR count). The average molecular weight is 349 g/mol. The van der Waals surface area contributed by atoms with Gasteiger partial charge in [-0.3, -0.25) is 9.59 Å². The van der Waals surface area contributed by atoms with Gasteiger partial charge in [-0.05, 0) is 30.5 Å². The molecule has 0 fully saturated rings. The van der Waals surface area contributed by atoms with Crippen molar-refractivity contribution in [1.29, 1.82) is 0 Å². The molecule has 132 valence electrons. The maximum Gasteiger partial charge on any atom is 0.261 e. The Morgan fingerprint density at radius 1 is 1.12 bits per heavy atom. The number of rotatable bonds is 4. The fraction of sp³-hybridized carbons (Fsp3) is 0.263. The third-order valence-corrected chi connectivity index (χ3v) is 4.58. The minimum absolute atomic E-state index is 0.0862. The summed E-state index contributed by atoms with van der Waals surface area (Å²) < 4.78 is 2.05. The van der Waals surface area contributed by atoms with Crippen molar-refractivity contribution in [3.05, 3.63) is 70.0 Å². The lowest BCUT2D eigenvalue weighted by Crippen LogP contribution is -2.30. The van der Waals surface area contributed by atoms with Gasteiger partial charge in [0.25, 0.3) is 11.5 Å². The van der Waals surface area contributed by atoms with E-state index in [1.54, 1.807) is 12.1 Å². The normalized spacial score (nSPS) is 13.2. The molecule has 26 heavy (non-hydrogen) atoms. The second kappa shape index (κ2) is 6.95. The van der Waals surface area contributed by atoms with Gasteiger partial charge in [-0.2, -0.15) is 0 Å². The van der Waals surface area contributed by atoms with Crippen molar-refractivity contribution in [3.63, 3.8) is 0 Å². The number of hydrogen-bond acceptors (Lipinski definition) is 4. The maximum absolute atomic E-state index is 12.4. The molecule has 1 aromatic carbocycles. The topological polar surface area (TPSA) is 92.7 Å². The van der Waals surface area contributed by atoms with Crippen LogP contribution in [-0.4, -0.2) is 25.7 Å². The summed E-state index contributed by atoms with van der Waals surface area (Å²) in [5, 5.41) is 11.1. The predicted molar refractivity (Wildman–Crippen MR) is 96.6 cm³/mol. The van der Waals surface area contributed by atoms with Gasteiger partial charge in [0.2, 0.25) is 0 Å². The molecule has 0 radical (unpaired) electrons. The highest BCUT2D eigenvalue weighted by Gasteiger charge is 2.17. The van der Waals surface area contributed by atoms with Crippen LogP contribution in [0.15, 0.2) is 47.3 Å². The lowest BCUT2D eigenvalue weighted by atomic mass is 10.1. The molecule has 2 N–H and O–H groups in total. The van der Waals surface area contributed by atoms with Crippen molar-refractivity contribution in [3.8, 4) is 11.3 Å². The molecular formula is C19H19N5O2. The number of amides is 1. The van der Waals surface area contributed by atoms with E-state index in [2.05, 4.69) is 20.5 Å². The number of nitrogens with one attached hydrogen (secondary N) is 2. The van der Waals surface area contributed by atoms with Crippen LogP contribution in [0.4, 0.5) is 0 Å². The van der Waals surface area contributed by atoms with E-state index in [1.165, 1.54) is 0 Å². The van der Waals surface area contributed by atoms with Gasteiger partial charge in [-0.1, -0.05) is 30.3 Å².